The van der Waals surface area contributed by atoms with Crippen LogP contribution in [-0.2, 0) is 4.74 Å². The molecule has 1 aromatic carbocycles. The van der Waals surface area contributed by atoms with Crippen LogP contribution in [0.1, 0.15) is 19.4 Å². The molecule has 2 heteroatoms. The van der Waals surface area contributed by atoms with Crippen LogP contribution in [0.15, 0.2) is 30.3 Å². The maximum absolute atomic E-state index is 5.53. The van der Waals surface area contributed by atoms with E-state index in [9.17, 15) is 0 Å². The van der Waals surface area contributed by atoms with Gasteiger partial charge < -0.3 is 9.47 Å². The van der Waals surface area contributed by atoms with Crippen molar-refractivity contribution in [3.63, 3.8) is 0 Å². The van der Waals surface area contributed by atoms with Crippen molar-refractivity contribution in [3.05, 3.63) is 35.9 Å². The minimum Gasteiger partial charge on any atom is -0.491 e. The van der Waals surface area contributed by atoms with Crippen molar-refractivity contribution in [2.24, 2.45) is 0 Å². The number of benzene rings is 1. The molecule has 0 atom stereocenters. The summed E-state index contributed by atoms with van der Waals surface area (Å²) in [5, 5.41) is 0. The molecule has 1 aromatic rings. The van der Waals surface area contributed by atoms with E-state index in [2.05, 4.69) is 19.1 Å². The molecule has 1 rings (SSSR count). The largest absolute Gasteiger partial charge is 0.491 e. The maximum atomic E-state index is 5.53. The van der Waals surface area contributed by atoms with Gasteiger partial charge in [-0.05, 0) is 37.1 Å². The number of methoxy groups -OCH3 is 1. The molecule has 0 fully saturated rings. The molecular weight excluding hydrogens is 188 g/mol. The van der Waals surface area contributed by atoms with Crippen LogP contribution in [0.25, 0.3) is 5.57 Å². The van der Waals surface area contributed by atoms with Crippen molar-refractivity contribution in [2.45, 2.75) is 13.8 Å². The van der Waals surface area contributed by atoms with E-state index in [1.807, 2.05) is 25.1 Å². The van der Waals surface area contributed by atoms with Crippen molar-refractivity contribution in [3.8, 4) is 5.75 Å². The first kappa shape index (κ1) is 11.8. The molecule has 0 saturated carbocycles. The SMILES string of the molecule is CC=C(C)c1cccc(OCCOC)c1. The molecule has 0 spiro atoms. The lowest BCUT2D eigenvalue weighted by molar-refractivity contribution is 0.146. The number of hydrogen-bond acceptors (Lipinski definition) is 2. The lowest BCUT2D eigenvalue weighted by atomic mass is 10.1. The Kier molecular flexibility index (Phi) is 4.91. The van der Waals surface area contributed by atoms with Gasteiger partial charge in [0.2, 0.25) is 0 Å². The molecule has 0 aliphatic heterocycles. The fraction of sp³-hybridized carbons (Fsp3) is 0.385. The van der Waals surface area contributed by atoms with Crippen LogP contribution >= 0.6 is 0 Å². The summed E-state index contributed by atoms with van der Waals surface area (Å²) in [6.45, 7) is 5.34. The summed E-state index contributed by atoms with van der Waals surface area (Å²) in [7, 11) is 1.67. The van der Waals surface area contributed by atoms with Gasteiger partial charge in [0, 0.05) is 7.11 Å². The molecule has 2 nitrogen and oxygen atoms in total. The second kappa shape index (κ2) is 6.25. The second-order valence-electron chi connectivity index (χ2n) is 3.34. The minimum atomic E-state index is 0.592. The first-order valence-electron chi connectivity index (χ1n) is 5.13. The molecule has 0 radical (unpaired) electrons. The van der Waals surface area contributed by atoms with Crippen molar-refractivity contribution < 1.29 is 9.47 Å². The van der Waals surface area contributed by atoms with E-state index in [0.29, 0.717) is 13.2 Å². The minimum absolute atomic E-state index is 0.592. The van der Waals surface area contributed by atoms with Gasteiger partial charge in [0.1, 0.15) is 12.4 Å². The third-order valence-corrected chi connectivity index (χ3v) is 2.28. The van der Waals surface area contributed by atoms with E-state index in [1.54, 1.807) is 7.11 Å². The Morgan fingerprint density at radius 3 is 2.80 bits per heavy atom. The van der Waals surface area contributed by atoms with Crippen LogP contribution in [-0.4, -0.2) is 20.3 Å². The summed E-state index contributed by atoms with van der Waals surface area (Å²) < 4.78 is 10.5. The van der Waals surface area contributed by atoms with Gasteiger partial charge in [0.25, 0.3) is 0 Å². The Labute approximate surface area is 91.5 Å². The molecule has 0 unspecified atom stereocenters. The molecule has 0 aliphatic rings. The highest BCUT2D eigenvalue weighted by Gasteiger charge is 1.97. The molecule has 0 amide bonds. The molecule has 0 N–H and O–H groups in total. The first-order chi connectivity index (χ1) is 7.27. The zero-order valence-corrected chi connectivity index (χ0v) is 9.62. The fourth-order valence-corrected chi connectivity index (χ4v) is 1.24. The standard InChI is InChI=1S/C13H18O2/c1-4-11(2)12-6-5-7-13(10-12)15-9-8-14-3/h4-7,10H,8-9H2,1-3H3. The molecule has 0 heterocycles. The zero-order chi connectivity index (χ0) is 11.1. The average Bonchev–Trinajstić information content (AvgIpc) is 2.29. The van der Waals surface area contributed by atoms with E-state index in [1.165, 1.54) is 11.1 Å². The predicted octanol–water partition coefficient (Wildman–Crippen LogP) is 3.14. The van der Waals surface area contributed by atoms with E-state index in [4.69, 9.17) is 9.47 Å². The lowest BCUT2D eigenvalue weighted by Crippen LogP contribution is -2.04. The summed E-state index contributed by atoms with van der Waals surface area (Å²) in [4.78, 5) is 0. The Morgan fingerprint density at radius 2 is 2.13 bits per heavy atom. The highest BCUT2D eigenvalue weighted by atomic mass is 16.5. The normalized spacial score (nSPS) is 11.5. The zero-order valence-electron chi connectivity index (χ0n) is 9.62. The van der Waals surface area contributed by atoms with Crippen LogP contribution < -0.4 is 4.74 Å². The summed E-state index contributed by atoms with van der Waals surface area (Å²) >= 11 is 0. The van der Waals surface area contributed by atoms with E-state index in [0.717, 1.165) is 5.75 Å². The quantitative estimate of drug-likeness (QED) is 0.689. The summed E-state index contributed by atoms with van der Waals surface area (Å²) in [5.74, 6) is 0.894. The van der Waals surface area contributed by atoms with Gasteiger partial charge in [0.05, 0.1) is 6.61 Å². The van der Waals surface area contributed by atoms with Crippen LogP contribution in [0.4, 0.5) is 0 Å². The van der Waals surface area contributed by atoms with E-state index < -0.39 is 0 Å². The van der Waals surface area contributed by atoms with Gasteiger partial charge in [-0.2, -0.15) is 0 Å². The van der Waals surface area contributed by atoms with Crippen LogP contribution in [0.2, 0.25) is 0 Å². The Hall–Kier alpha value is -1.28. The molecule has 0 saturated heterocycles. The highest BCUT2D eigenvalue weighted by molar-refractivity contribution is 5.64. The van der Waals surface area contributed by atoms with E-state index in [-0.39, 0.29) is 0 Å². The predicted molar refractivity (Wildman–Crippen MR) is 63.1 cm³/mol. The molecular formula is C13H18O2. The average molecular weight is 206 g/mol. The number of allylic oxidation sites excluding steroid dienone is 2. The van der Waals surface area contributed by atoms with Gasteiger partial charge in [-0.15, -0.1) is 0 Å². The van der Waals surface area contributed by atoms with Gasteiger partial charge in [-0.3, -0.25) is 0 Å². The van der Waals surface area contributed by atoms with Crippen molar-refractivity contribution in [2.75, 3.05) is 20.3 Å². The molecule has 0 aromatic heterocycles. The first-order valence-corrected chi connectivity index (χ1v) is 5.13. The second-order valence-corrected chi connectivity index (χ2v) is 3.34. The maximum Gasteiger partial charge on any atom is 0.120 e. The van der Waals surface area contributed by atoms with Gasteiger partial charge in [0.15, 0.2) is 0 Å². The topological polar surface area (TPSA) is 18.5 Å². The monoisotopic (exact) mass is 206 g/mol. The molecule has 15 heavy (non-hydrogen) atoms. The number of rotatable bonds is 5. The third-order valence-electron chi connectivity index (χ3n) is 2.28. The molecule has 0 bridgehead atoms. The third kappa shape index (κ3) is 3.76. The Bertz CT molecular complexity index is 329. The summed E-state index contributed by atoms with van der Waals surface area (Å²) in [6, 6.07) is 8.09. The van der Waals surface area contributed by atoms with Crippen molar-refractivity contribution >= 4 is 5.57 Å². The van der Waals surface area contributed by atoms with Gasteiger partial charge in [-0.25, -0.2) is 0 Å². The number of ether oxygens (including phenoxy) is 2. The summed E-state index contributed by atoms with van der Waals surface area (Å²) in [6.07, 6.45) is 2.09. The van der Waals surface area contributed by atoms with Gasteiger partial charge in [-0.1, -0.05) is 18.2 Å². The Morgan fingerprint density at radius 1 is 1.33 bits per heavy atom. The Balaban J connectivity index is 2.66. The fourth-order valence-electron chi connectivity index (χ4n) is 1.24. The molecule has 82 valence electrons. The van der Waals surface area contributed by atoms with Crippen LogP contribution in [0.5, 0.6) is 5.75 Å². The van der Waals surface area contributed by atoms with Crippen molar-refractivity contribution in [1.82, 2.24) is 0 Å². The highest BCUT2D eigenvalue weighted by Crippen LogP contribution is 2.19. The smallest absolute Gasteiger partial charge is 0.120 e. The lowest BCUT2D eigenvalue weighted by Gasteiger charge is -2.07. The van der Waals surface area contributed by atoms with Crippen molar-refractivity contribution in [1.29, 1.82) is 0 Å². The van der Waals surface area contributed by atoms with Crippen LogP contribution in [0, 0.1) is 0 Å². The summed E-state index contributed by atoms with van der Waals surface area (Å²) in [5.41, 5.74) is 2.46. The van der Waals surface area contributed by atoms with Crippen LogP contribution in [0.3, 0.4) is 0 Å². The van der Waals surface area contributed by atoms with E-state index >= 15 is 0 Å². The molecule has 0 aliphatic carbocycles. The van der Waals surface area contributed by atoms with Gasteiger partial charge >= 0.3 is 0 Å². The number of hydrogen-bond donors (Lipinski definition) is 0.